The third kappa shape index (κ3) is 3.46. The van der Waals surface area contributed by atoms with Crippen LogP contribution in [0.25, 0.3) is 0 Å². The van der Waals surface area contributed by atoms with Crippen molar-refractivity contribution in [2.24, 2.45) is 5.41 Å². The van der Waals surface area contributed by atoms with E-state index in [1.807, 2.05) is 0 Å². The number of carbonyl (C=O) groups excluding carboxylic acids is 1. The lowest BCUT2D eigenvalue weighted by Crippen LogP contribution is -2.47. The van der Waals surface area contributed by atoms with Crippen LogP contribution in [0.15, 0.2) is 23.1 Å². The lowest BCUT2D eigenvalue weighted by molar-refractivity contribution is -0.179. The monoisotopic (exact) mass is 458 g/mol. The molecule has 0 radical (unpaired) electrons. The lowest BCUT2D eigenvalue weighted by atomic mass is 9.95. The van der Waals surface area contributed by atoms with Crippen LogP contribution in [0.1, 0.15) is 32.3 Å². The fraction of sp³-hybridized carbons (Fsp3) is 0.632. The van der Waals surface area contributed by atoms with Crippen molar-refractivity contribution in [3.63, 3.8) is 0 Å². The van der Waals surface area contributed by atoms with Crippen LogP contribution in [0.4, 0.5) is 5.69 Å². The Bertz CT molecular complexity index is 1080. The van der Waals surface area contributed by atoms with Crippen molar-refractivity contribution < 1.29 is 31.1 Å². The fourth-order valence-electron chi connectivity index (χ4n) is 4.30. The molecule has 4 rings (SSSR count). The Morgan fingerprint density at radius 2 is 1.67 bits per heavy atom. The van der Waals surface area contributed by atoms with Crippen molar-refractivity contribution in [1.82, 2.24) is 4.31 Å². The van der Waals surface area contributed by atoms with E-state index in [4.69, 9.17) is 9.47 Å². The van der Waals surface area contributed by atoms with Crippen LogP contribution in [-0.2, 0) is 34.3 Å². The van der Waals surface area contributed by atoms with Crippen molar-refractivity contribution in [3.05, 3.63) is 23.8 Å². The number of anilines is 1. The van der Waals surface area contributed by atoms with Crippen molar-refractivity contribution in [2.45, 2.75) is 44.3 Å². The van der Waals surface area contributed by atoms with Gasteiger partial charge in [0.25, 0.3) is 0 Å². The zero-order valence-corrected chi connectivity index (χ0v) is 18.9. The molecule has 0 unspecified atom stereocenters. The maximum atomic E-state index is 13.2. The van der Waals surface area contributed by atoms with E-state index in [1.165, 1.54) is 22.5 Å². The topological polar surface area (TPSA) is 110 Å². The van der Waals surface area contributed by atoms with E-state index < -0.39 is 37.2 Å². The van der Waals surface area contributed by atoms with Crippen LogP contribution in [-0.4, -0.2) is 64.9 Å². The fourth-order valence-corrected chi connectivity index (χ4v) is 8.05. The van der Waals surface area contributed by atoms with E-state index in [-0.39, 0.29) is 29.4 Å². The molecule has 1 amide bonds. The summed E-state index contributed by atoms with van der Waals surface area (Å²) in [4.78, 5) is 12.7. The van der Waals surface area contributed by atoms with Gasteiger partial charge in [0.1, 0.15) is 0 Å². The molecule has 0 saturated carbocycles. The molecular weight excluding hydrogens is 432 g/mol. The molecular formula is C19H26N2O7S2. The predicted molar refractivity (Wildman–Crippen MR) is 109 cm³/mol. The van der Waals surface area contributed by atoms with Gasteiger partial charge in [0.05, 0.1) is 35.0 Å². The van der Waals surface area contributed by atoms with Crippen molar-refractivity contribution >= 4 is 31.6 Å². The molecule has 11 heteroatoms. The molecule has 30 heavy (non-hydrogen) atoms. The molecule has 0 bridgehead atoms. The molecule has 3 heterocycles. The number of piperidine rings is 1. The highest BCUT2D eigenvalue weighted by Crippen LogP contribution is 2.38. The maximum absolute atomic E-state index is 13.2. The van der Waals surface area contributed by atoms with E-state index in [1.54, 1.807) is 20.8 Å². The minimum Gasteiger partial charge on any atom is -0.347 e. The van der Waals surface area contributed by atoms with Gasteiger partial charge in [0, 0.05) is 25.9 Å². The number of aryl methyl sites for hydroxylation is 1. The SMILES string of the molecule is Cc1cc(N2C(=O)C(C)(C)CS2(=O)=O)ccc1S(=O)(=O)N1CCC2(CC1)OCCO2. The highest BCUT2D eigenvalue weighted by molar-refractivity contribution is 7.94. The van der Waals surface area contributed by atoms with Gasteiger partial charge in [-0.15, -0.1) is 0 Å². The molecule has 0 aliphatic carbocycles. The average Bonchev–Trinajstić information content (AvgIpc) is 3.14. The Labute approximate surface area is 177 Å². The Balaban J connectivity index is 1.60. The number of rotatable bonds is 3. The van der Waals surface area contributed by atoms with Crippen LogP contribution in [0, 0.1) is 12.3 Å². The van der Waals surface area contributed by atoms with Gasteiger partial charge in [-0.25, -0.2) is 21.1 Å². The molecule has 9 nitrogen and oxygen atoms in total. The second-order valence-electron chi connectivity index (χ2n) is 8.67. The molecule has 3 aliphatic heterocycles. The van der Waals surface area contributed by atoms with Crippen LogP contribution >= 0.6 is 0 Å². The summed E-state index contributed by atoms with van der Waals surface area (Å²) < 4.78 is 64.9. The zero-order valence-electron chi connectivity index (χ0n) is 17.3. The van der Waals surface area contributed by atoms with Gasteiger partial charge in [0.15, 0.2) is 5.79 Å². The Morgan fingerprint density at radius 3 is 2.17 bits per heavy atom. The minimum atomic E-state index is -3.80. The highest BCUT2D eigenvalue weighted by Gasteiger charge is 2.50. The Hall–Kier alpha value is -1.53. The molecule has 3 saturated heterocycles. The van der Waals surface area contributed by atoms with E-state index in [2.05, 4.69) is 0 Å². The van der Waals surface area contributed by atoms with Crippen LogP contribution < -0.4 is 4.31 Å². The minimum absolute atomic E-state index is 0.0961. The first kappa shape index (κ1) is 21.7. The first-order chi connectivity index (χ1) is 13.9. The quantitative estimate of drug-likeness (QED) is 0.670. The summed E-state index contributed by atoms with van der Waals surface area (Å²) in [6.07, 6.45) is 0.915. The largest absolute Gasteiger partial charge is 0.347 e. The van der Waals surface area contributed by atoms with Gasteiger partial charge >= 0.3 is 0 Å². The molecule has 3 fully saturated rings. The number of benzene rings is 1. The second-order valence-corrected chi connectivity index (χ2v) is 12.4. The number of carbonyl (C=O) groups is 1. The molecule has 1 spiro atoms. The maximum Gasteiger partial charge on any atom is 0.247 e. The molecule has 3 aliphatic rings. The highest BCUT2D eigenvalue weighted by atomic mass is 32.2. The van der Waals surface area contributed by atoms with Crippen LogP contribution in [0.2, 0.25) is 0 Å². The van der Waals surface area contributed by atoms with Gasteiger partial charge in [0.2, 0.25) is 26.0 Å². The summed E-state index contributed by atoms with van der Waals surface area (Å²) >= 11 is 0. The number of amides is 1. The normalized spacial score (nSPS) is 25.8. The summed E-state index contributed by atoms with van der Waals surface area (Å²) in [5.74, 6) is -1.48. The summed E-state index contributed by atoms with van der Waals surface area (Å²) in [6.45, 7) is 6.35. The van der Waals surface area contributed by atoms with Crippen LogP contribution in [0.3, 0.4) is 0 Å². The predicted octanol–water partition coefficient (Wildman–Crippen LogP) is 1.23. The average molecular weight is 459 g/mol. The molecule has 0 atom stereocenters. The molecule has 1 aromatic rings. The molecule has 166 valence electrons. The number of sulfonamides is 2. The van der Waals surface area contributed by atoms with Crippen molar-refractivity contribution in [2.75, 3.05) is 36.4 Å². The van der Waals surface area contributed by atoms with Gasteiger partial charge in [-0.05, 0) is 44.5 Å². The number of nitrogens with zero attached hydrogens (tertiary/aromatic N) is 2. The molecule has 0 N–H and O–H groups in total. The molecule has 0 aromatic heterocycles. The van der Waals surface area contributed by atoms with Crippen molar-refractivity contribution in [3.8, 4) is 0 Å². The summed E-state index contributed by atoms with van der Waals surface area (Å²) in [6, 6.07) is 4.20. The smallest absolute Gasteiger partial charge is 0.247 e. The number of hydrogen-bond donors (Lipinski definition) is 0. The third-order valence-corrected chi connectivity index (χ3v) is 9.97. The Morgan fingerprint density at radius 1 is 1.07 bits per heavy atom. The first-order valence-corrected chi connectivity index (χ1v) is 12.9. The third-order valence-electron chi connectivity index (χ3n) is 5.89. The van der Waals surface area contributed by atoms with Crippen molar-refractivity contribution in [1.29, 1.82) is 0 Å². The number of hydrogen-bond acceptors (Lipinski definition) is 7. The summed E-state index contributed by atoms with van der Waals surface area (Å²) in [7, 11) is -7.57. The standard InChI is InChI=1S/C19H26N2O7S2/c1-14-12-15(21-17(22)18(2,3)13-29(21,23)24)4-5-16(14)30(25,26)20-8-6-19(7-9-20)27-10-11-28-19/h4-5,12H,6-11,13H2,1-3H3. The van der Waals surface area contributed by atoms with E-state index in [9.17, 15) is 21.6 Å². The van der Waals surface area contributed by atoms with Gasteiger partial charge in [-0.1, -0.05) is 0 Å². The second kappa shape index (κ2) is 6.99. The van der Waals surface area contributed by atoms with Gasteiger partial charge < -0.3 is 9.47 Å². The van der Waals surface area contributed by atoms with Crippen LogP contribution in [0.5, 0.6) is 0 Å². The summed E-state index contributed by atoms with van der Waals surface area (Å²) in [5, 5.41) is 0. The lowest BCUT2D eigenvalue weighted by Gasteiger charge is -2.37. The zero-order chi connectivity index (χ0) is 21.9. The van der Waals surface area contributed by atoms with E-state index in [0.717, 1.165) is 4.31 Å². The summed E-state index contributed by atoms with van der Waals surface area (Å²) in [5.41, 5.74) is -0.479. The number of ether oxygens (including phenoxy) is 2. The van der Waals surface area contributed by atoms with E-state index in [0.29, 0.717) is 31.6 Å². The van der Waals surface area contributed by atoms with E-state index >= 15 is 0 Å². The first-order valence-electron chi connectivity index (χ1n) is 9.84. The Kier molecular flexibility index (Phi) is 5.06. The van der Waals surface area contributed by atoms with Gasteiger partial charge in [-0.3, -0.25) is 4.79 Å². The molecule has 1 aromatic carbocycles. The van der Waals surface area contributed by atoms with Gasteiger partial charge in [-0.2, -0.15) is 4.31 Å².